The molecule has 0 bridgehead atoms. The Kier molecular flexibility index (Phi) is 6.81. The Morgan fingerprint density at radius 3 is 2.70 bits per heavy atom. The first-order chi connectivity index (χ1) is 9.79. The Morgan fingerprint density at radius 1 is 1.30 bits per heavy atom. The highest BCUT2D eigenvalue weighted by Gasteiger charge is 2.18. The maximum atomic E-state index is 6.25. The summed E-state index contributed by atoms with van der Waals surface area (Å²) < 4.78 is 0. The largest absolute Gasteiger partial charge is 0.314 e. The molecule has 1 aromatic rings. The zero-order valence-electron chi connectivity index (χ0n) is 12.6. The normalized spacial score (nSPS) is 18.7. The van der Waals surface area contributed by atoms with Gasteiger partial charge in [-0.3, -0.25) is 4.98 Å². The van der Waals surface area contributed by atoms with E-state index in [2.05, 4.69) is 23.3 Å². The van der Waals surface area contributed by atoms with E-state index in [9.17, 15) is 0 Å². The van der Waals surface area contributed by atoms with E-state index in [0.29, 0.717) is 6.04 Å². The maximum absolute atomic E-state index is 6.25. The molecule has 1 aliphatic rings. The molecule has 1 N–H and O–H groups in total. The Labute approximate surface area is 128 Å². The SMILES string of the molecule is CCNC(Cc1ccncc1Cl)CC1CCCCCC1. The van der Waals surface area contributed by atoms with Crippen LogP contribution in [0.2, 0.25) is 5.02 Å². The molecule has 1 aromatic heterocycles. The lowest BCUT2D eigenvalue weighted by Crippen LogP contribution is -2.33. The van der Waals surface area contributed by atoms with Crippen molar-refractivity contribution in [1.29, 1.82) is 0 Å². The number of nitrogens with one attached hydrogen (secondary N) is 1. The number of hydrogen-bond donors (Lipinski definition) is 1. The van der Waals surface area contributed by atoms with Crippen molar-refractivity contribution in [3.63, 3.8) is 0 Å². The van der Waals surface area contributed by atoms with E-state index in [1.165, 1.54) is 50.5 Å². The molecular weight excluding hydrogens is 268 g/mol. The monoisotopic (exact) mass is 294 g/mol. The van der Waals surface area contributed by atoms with Crippen LogP contribution in [-0.2, 0) is 6.42 Å². The fourth-order valence-electron chi connectivity index (χ4n) is 3.36. The third kappa shape index (κ3) is 5.06. The van der Waals surface area contributed by atoms with Gasteiger partial charge in [0.1, 0.15) is 0 Å². The highest BCUT2D eigenvalue weighted by atomic mass is 35.5. The predicted octanol–water partition coefficient (Wildman–Crippen LogP) is 4.62. The molecule has 0 spiro atoms. The predicted molar refractivity (Wildman–Crippen MR) is 86.2 cm³/mol. The molecule has 0 amide bonds. The Morgan fingerprint density at radius 2 is 2.05 bits per heavy atom. The summed E-state index contributed by atoms with van der Waals surface area (Å²) in [5.41, 5.74) is 1.22. The molecule has 1 unspecified atom stereocenters. The quantitative estimate of drug-likeness (QED) is 0.775. The van der Waals surface area contributed by atoms with Crippen molar-refractivity contribution in [2.75, 3.05) is 6.54 Å². The molecule has 3 heteroatoms. The summed E-state index contributed by atoms with van der Waals surface area (Å²) in [5, 5.41) is 4.45. The van der Waals surface area contributed by atoms with Crippen LogP contribution in [0.15, 0.2) is 18.5 Å². The van der Waals surface area contributed by atoms with E-state index < -0.39 is 0 Å². The summed E-state index contributed by atoms with van der Waals surface area (Å²) >= 11 is 6.25. The van der Waals surface area contributed by atoms with Crippen LogP contribution in [0.5, 0.6) is 0 Å². The van der Waals surface area contributed by atoms with Gasteiger partial charge < -0.3 is 5.32 Å². The van der Waals surface area contributed by atoms with Crippen LogP contribution in [-0.4, -0.2) is 17.6 Å². The average molecular weight is 295 g/mol. The summed E-state index contributed by atoms with van der Waals surface area (Å²) in [6.45, 7) is 3.22. The molecule has 112 valence electrons. The summed E-state index contributed by atoms with van der Waals surface area (Å²) in [6.07, 6.45) is 14.4. The number of pyridine rings is 1. The molecule has 2 rings (SSSR count). The van der Waals surface area contributed by atoms with Gasteiger partial charge in [-0.15, -0.1) is 0 Å². The lowest BCUT2D eigenvalue weighted by molar-refractivity contribution is 0.353. The molecule has 2 nitrogen and oxygen atoms in total. The minimum absolute atomic E-state index is 0.544. The van der Waals surface area contributed by atoms with Gasteiger partial charge in [0.25, 0.3) is 0 Å². The summed E-state index contributed by atoms with van der Waals surface area (Å²) in [6, 6.07) is 2.60. The van der Waals surface area contributed by atoms with Crippen LogP contribution in [0, 0.1) is 5.92 Å². The van der Waals surface area contributed by atoms with Crippen molar-refractivity contribution in [2.24, 2.45) is 5.92 Å². The molecule has 0 aromatic carbocycles. The first kappa shape index (κ1) is 15.8. The molecule has 1 fully saturated rings. The second-order valence-corrected chi connectivity index (χ2v) is 6.43. The summed E-state index contributed by atoms with van der Waals surface area (Å²) in [5.74, 6) is 0.891. The van der Waals surface area contributed by atoms with Gasteiger partial charge in [-0.05, 0) is 36.9 Å². The zero-order valence-corrected chi connectivity index (χ0v) is 13.3. The number of rotatable bonds is 6. The fraction of sp³-hybridized carbons (Fsp3) is 0.706. The number of halogens is 1. The lowest BCUT2D eigenvalue weighted by Gasteiger charge is -2.24. The number of aromatic nitrogens is 1. The minimum Gasteiger partial charge on any atom is -0.314 e. The first-order valence-corrected chi connectivity index (χ1v) is 8.49. The smallest absolute Gasteiger partial charge is 0.0621 e. The highest BCUT2D eigenvalue weighted by Crippen LogP contribution is 2.28. The van der Waals surface area contributed by atoms with Gasteiger partial charge >= 0.3 is 0 Å². The van der Waals surface area contributed by atoms with Crippen LogP contribution >= 0.6 is 11.6 Å². The molecule has 0 aliphatic heterocycles. The van der Waals surface area contributed by atoms with Crippen LogP contribution in [0.25, 0.3) is 0 Å². The van der Waals surface area contributed by atoms with Crippen molar-refractivity contribution >= 4 is 11.6 Å². The van der Waals surface area contributed by atoms with Crippen molar-refractivity contribution in [3.05, 3.63) is 29.0 Å². The Balaban J connectivity index is 1.94. The van der Waals surface area contributed by atoms with Crippen LogP contribution in [0.4, 0.5) is 0 Å². The number of likely N-dealkylation sites (N-methyl/N-ethyl adjacent to an activating group) is 1. The molecular formula is C17H27ClN2. The second-order valence-electron chi connectivity index (χ2n) is 6.02. The number of hydrogen-bond acceptors (Lipinski definition) is 2. The van der Waals surface area contributed by atoms with E-state index in [1.807, 2.05) is 6.20 Å². The topological polar surface area (TPSA) is 24.9 Å². The van der Waals surface area contributed by atoms with Crippen molar-refractivity contribution < 1.29 is 0 Å². The van der Waals surface area contributed by atoms with E-state index >= 15 is 0 Å². The van der Waals surface area contributed by atoms with Crippen LogP contribution in [0.1, 0.15) is 57.4 Å². The third-order valence-electron chi connectivity index (χ3n) is 4.41. The molecule has 1 heterocycles. The average Bonchev–Trinajstić information content (AvgIpc) is 2.70. The number of nitrogens with zero attached hydrogens (tertiary/aromatic N) is 1. The van der Waals surface area contributed by atoms with Gasteiger partial charge in [0, 0.05) is 18.4 Å². The standard InChI is InChI=1S/C17H27ClN2/c1-2-20-16(11-14-7-5-3-4-6-8-14)12-15-9-10-19-13-17(15)18/h9-10,13-14,16,20H,2-8,11-12H2,1H3. The van der Waals surface area contributed by atoms with E-state index in [1.54, 1.807) is 6.20 Å². The fourth-order valence-corrected chi connectivity index (χ4v) is 3.56. The summed E-state index contributed by atoms with van der Waals surface area (Å²) in [7, 11) is 0. The van der Waals surface area contributed by atoms with E-state index in [-0.39, 0.29) is 0 Å². The van der Waals surface area contributed by atoms with Crippen molar-refractivity contribution in [1.82, 2.24) is 10.3 Å². The van der Waals surface area contributed by atoms with Crippen molar-refractivity contribution in [2.45, 2.75) is 64.3 Å². The molecule has 1 saturated carbocycles. The summed E-state index contributed by atoms with van der Waals surface area (Å²) in [4.78, 5) is 4.07. The molecule has 1 aliphatic carbocycles. The van der Waals surface area contributed by atoms with E-state index in [0.717, 1.165) is 23.9 Å². The molecule has 1 atom stereocenters. The minimum atomic E-state index is 0.544. The Bertz CT molecular complexity index is 386. The van der Waals surface area contributed by atoms with Crippen molar-refractivity contribution in [3.8, 4) is 0 Å². The van der Waals surface area contributed by atoms with Gasteiger partial charge in [0.05, 0.1) is 5.02 Å². The highest BCUT2D eigenvalue weighted by molar-refractivity contribution is 6.31. The van der Waals surface area contributed by atoms with Gasteiger partial charge in [-0.1, -0.05) is 57.0 Å². The lowest BCUT2D eigenvalue weighted by atomic mass is 9.90. The second kappa shape index (κ2) is 8.63. The first-order valence-electron chi connectivity index (χ1n) is 8.11. The van der Waals surface area contributed by atoms with E-state index in [4.69, 9.17) is 11.6 Å². The van der Waals surface area contributed by atoms with Gasteiger partial charge in [-0.2, -0.15) is 0 Å². The third-order valence-corrected chi connectivity index (χ3v) is 4.75. The van der Waals surface area contributed by atoms with Gasteiger partial charge in [0.2, 0.25) is 0 Å². The molecule has 0 saturated heterocycles. The zero-order chi connectivity index (χ0) is 14.2. The Hall–Kier alpha value is -0.600. The van der Waals surface area contributed by atoms with Gasteiger partial charge in [0.15, 0.2) is 0 Å². The maximum Gasteiger partial charge on any atom is 0.0621 e. The molecule has 20 heavy (non-hydrogen) atoms. The van der Waals surface area contributed by atoms with Crippen LogP contribution in [0.3, 0.4) is 0 Å². The van der Waals surface area contributed by atoms with Gasteiger partial charge in [-0.25, -0.2) is 0 Å². The van der Waals surface area contributed by atoms with Crippen LogP contribution < -0.4 is 5.32 Å². The molecule has 0 radical (unpaired) electrons.